The van der Waals surface area contributed by atoms with Crippen LogP contribution in [0.4, 0.5) is 0 Å². The number of hydrogen-bond donors (Lipinski definition) is 0. The Bertz CT molecular complexity index is 604. The lowest BCUT2D eigenvalue weighted by Crippen LogP contribution is -2.00. The summed E-state index contributed by atoms with van der Waals surface area (Å²) >= 11 is 0. The minimum Gasteiger partial charge on any atom is -0.0683 e. The van der Waals surface area contributed by atoms with Gasteiger partial charge in [-0.05, 0) is 52.3 Å². The van der Waals surface area contributed by atoms with Gasteiger partial charge in [0.2, 0.25) is 0 Å². The molecule has 0 saturated heterocycles. The van der Waals surface area contributed by atoms with Gasteiger partial charge in [-0.15, -0.1) is 0 Å². The van der Waals surface area contributed by atoms with Crippen molar-refractivity contribution in [1.29, 1.82) is 0 Å². The van der Waals surface area contributed by atoms with Crippen LogP contribution in [0.1, 0.15) is 388 Å². The van der Waals surface area contributed by atoms with Crippen LogP contribution in [0.15, 0.2) is 0 Å². The molecule has 424 valence electrons. The highest BCUT2D eigenvalue weighted by molar-refractivity contribution is 4.55. The van der Waals surface area contributed by atoms with Gasteiger partial charge in [0.25, 0.3) is 0 Å². The van der Waals surface area contributed by atoms with Gasteiger partial charge in [0.05, 0.1) is 0 Å². The minimum absolute atomic E-state index is 0.146. The molecule has 0 atom stereocenters. The smallest absolute Gasteiger partial charge is 0.0269 e. The van der Waals surface area contributed by atoms with E-state index in [4.69, 9.17) is 2.74 Å². The predicted octanol–water partition coefficient (Wildman–Crippen LogP) is 27.9. The highest BCUT2D eigenvalue weighted by Crippen LogP contribution is 2.16. The molecule has 0 unspecified atom stereocenters. The SMILES string of the molecule is CC.CC.CC(C)(C)C.CC(C)C.CCC.CCC(C)(C)C.CCC(C)C.CCC(C)C.CCC(C)CC.CCCC.CCCC(C)C.CCCCC.CCCCC(C)C.[2H]C([2H])(CC)C(C)C. The van der Waals surface area contributed by atoms with Gasteiger partial charge in [0.15, 0.2) is 0 Å². The van der Waals surface area contributed by atoms with E-state index in [2.05, 4.69) is 222 Å². The summed E-state index contributed by atoms with van der Waals surface area (Å²) in [6.45, 7) is 84.4. The zero-order chi connectivity index (χ0) is 58.6. The van der Waals surface area contributed by atoms with Crippen LogP contribution in [0.2, 0.25) is 0 Å². The van der Waals surface area contributed by atoms with Crippen molar-refractivity contribution in [3.05, 3.63) is 0 Å². The highest BCUT2D eigenvalue weighted by Gasteiger charge is 2.03. The van der Waals surface area contributed by atoms with Crippen molar-refractivity contribution in [3.63, 3.8) is 0 Å². The summed E-state index contributed by atoms with van der Waals surface area (Å²) in [5.41, 5.74) is 1.04. The summed E-state index contributed by atoms with van der Waals surface area (Å²) in [6.07, 6.45) is 21.0. The molecule has 0 aliphatic carbocycles. The van der Waals surface area contributed by atoms with Crippen LogP contribution >= 0.6 is 0 Å². The molecule has 0 saturated carbocycles. The Kier molecular flexibility index (Phi) is 148. The summed E-state index contributed by atoms with van der Waals surface area (Å²) in [5, 5.41) is 0. The van der Waals surface area contributed by atoms with Gasteiger partial charge in [0, 0.05) is 2.74 Å². The van der Waals surface area contributed by atoms with Gasteiger partial charge >= 0.3 is 0 Å². The Labute approximate surface area is 438 Å². The first-order valence-corrected chi connectivity index (χ1v) is 29.9. The van der Waals surface area contributed by atoms with E-state index in [1.54, 1.807) is 0 Å². The van der Waals surface area contributed by atoms with Crippen LogP contribution in [0.25, 0.3) is 0 Å². The van der Waals surface area contributed by atoms with Crippen LogP contribution in [0, 0.1) is 52.3 Å². The van der Waals surface area contributed by atoms with Crippen LogP contribution in [-0.4, -0.2) is 0 Å². The molecule has 0 nitrogen and oxygen atoms in total. The van der Waals surface area contributed by atoms with Gasteiger partial charge in [-0.2, -0.15) is 0 Å². The summed E-state index contributed by atoms with van der Waals surface area (Å²) in [5.74, 6) is 5.48. The largest absolute Gasteiger partial charge is 0.0683 e. The third-order valence-electron chi connectivity index (χ3n) is 7.91. The summed E-state index contributed by atoms with van der Waals surface area (Å²) in [7, 11) is 0. The van der Waals surface area contributed by atoms with Crippen molar-refractivity contribution in [3.8, 4) is 0 Å². The quantitative estimate of drug-likeness (QED) is 0.163. The fourth-order valence-electron chi connectivity index (χ4n) is 2.24. The van der Waals surface area contributed by atoms with Gasteiger partial charge in [-0.25, -0.2) is 0 Å². The molecule has 0 aromatic heterocycles. The predicted molar refractivity (Wildman–Crippen MR) is 334 cm³/mol. The van der Waals surface area contributed by atoms with Crippen LogP contribution in [0.3, 0.4) is 0 Å². The maximum Gasteiger partial charge on any atom is 0.0269 e. The van der Waals surface area contributed by atoms with Gasteiger partial charge in [-0.3, -0.25) is 0 Å². The molecular formula is C66H160. The summed E-state index contributed by atoms with van der Waals surface area (Å²) in [4.78, 5) is 0. The molecule has 0 rings (SSSR count). The fraction of sp³-hybridized carbons (Fsp3) is 1.00. The molecule has 66 heavy (non-hydrogen) atoms. The van der Waals surface area contributed by atoms with Crippen molar-refractivity contribution in [2.75, 3.05) is 0 Å². The van der Waals surface area contributed by atoms with E-state index in [9.17, 15) is 0 Å². The van der Waals surface area contributed by atoms with Gasteiger partial charge in [0.1, 0.15) is 0 Å². The van der Waals surface area contributed by atoms with Crippen LogP contribution in [0.5, 0.6) is 0 Å². The molecule has 0 amide bonds. The molecule has 0 aromatic carbocycles. The molecule has 0 spiro atoms. The Balaban J connectivity index is -0.0000000390. The lowest BCUT2D eigenvalue weighted by atomic mass is 9.94. The second-order valence-corrected chi connectivity index (χ2v) is 22.7. The maximum atomic E-state index is 7.30. The Morgan fingerprint density at radius 3 is 0.576 bits per heavy atom. The molecule has 0 N–H and O–H groups in total. The summed E-state index contributed by atoms with van der Waals surface area (Å²) < 4.78 is 14.6. The maximum absolute atomic E-state index is 7.30. The van der Waals surface area contributed by atoms with E-state index in [-0.39, 0.29) is 5.92 Å². The molecule has 0 aromatic rings. The van der Waals surface area contributed by atoms with E-state index in [0.29, 0.717) is 17.3 Å². The van der Waals surface area contributed by atoms with E-state index in [0.717, 1.165) is 35.5 Å². The van der Waals surface area contributed by atoms with E-state index in [1.165, 1.54) is 103 Å². The highest BCUT2D eigenvalue weighted by atomic mass is 14.1. The third-order valence-corrected chi connectivity index (χ3v) is 7.91. The first kappa shape index (κ1) is 95.6. The second-order valence-electron chi connectivity index (χ2n) is 22.7. The van der Waals surface area contributed by atoms with Gasteiger partial charge < -0.3 is 0 Å². The fourth-order valence-corrected chi connectivity index (χ4v) is 2.24. The Hall–Kier alpha value is 0. The first-order chi connectivity index (χ1) is 30.9. The number of rotatable bonds is 14. The molecule has 0 heteroatoms. The normalized spacial score (nSPS) is 10.0. The Morgan fingerprint density at radius 2 is 0.561 bits per heavy atom. The van der Waals surface area contributed by atoms with Crippen LogP contribution in [-0.2, 0) is 0 Å². The number of hydrogen-bond acceptors (Lipinski definition) is 0. The van der Waals surface area contributed by atoms with Crippen molar-refractivity contribution in [1.82, 2.24) is 0 Å². The topological polar surface area (TPSA) is 0 Å². The van der Waals surface area contributed by atoms with E-state index in [1.807, 2.05) is 48.5 Å². The zero-order valence-corrected chi connectivity index (χ0v) is 56.6. The Morgan fingerprint density at radius 1 is 0.333 bits per heavy atom. The first-order valence-electron chi connectivity index (χ1n) is 30.9. The number of unbranched alkanes of at least 4 members (excludes halogenated alkanes) is 4. The zero-order valence-electron chi connectivity index (χ0n) is 58.6. The lowest BCUT2D eigenvalue weighted by molar-refractivity contribution is 0.398. The van der Waals surface area contributed by atoms with Crippen molar-refractivity contribution in [2.45, 2.75) is 386 Å². The monoisotopic (exact) mass is 955 g/mol. The van der Waals surface area contributed by atoms with Crippen molar-refractivity contribution >= 4 is 0 Å². The van der Waals surface area contributed by atoms with Crippen LogP contribution < -0.4 is 0 Å². The van der Waals surface area contributed by atoms with Crippen molar-refractivity contribution in [2.24, 2.45) is 52.3 Å². The lowest BCUT2D eigenvalue weighted by Gasteiger charge is -2.12. The molecule has 0 radical (unpaired) electrons. The molecule has 0 aliphatic rings. The molecule has 0 aliphatic heterocycles. The molecule has 0 bridgehead atoms. The minimum atomic E-state index is -0.958. The third kappa shape index (κ3) is 441. The summed E-state index contributed by atoms with van der Waals surface area (Å²) in [6, 6.07) is 0. The average Bonchev–Trinajstić information content (AvgIpc) is 3.25. The van der Waals surface area contributed by atoms with Gasteiger partial charge in [-0.1, -0.05) is 386 Å². The average molecular weight is 956 g/mol. The second kappa shape index (κ2) is 102. The standard InChI is InChI=1S/C7H16.4C6H14.4C5H12.2C4H10.C3H8.2C2H6/c1-4-5-6-7(2)3;1-5-6(2,3)4;2*1-4-5-6(2)3;1-4-6(3)5-2;1-5(2,3)4;2*1-4-5(2)3;1-3-5-4-2;1-4(2)3;1-3-4-2;1-3-2;2*1-2/h7H,4-6H2,1-3H3;5H2,1-4H3;3*6H,4-5H2,1-3H3;1-4H3;2*5H,4H2,1-3H3;3-5H2,1-2H3;4H,1-3H3;3-4H2,1-2H3;3H2,1-2H3;2*1-2H3/i;;5D2;;;;;;;;;;;. The van der Waals surface area contributed by atoms with E-state index >= 15 is 0 Å². The molecular weight excluding hydrogens is 793 g/mol. The molecule has 0 fully saturated rings. The van der Waals surface area contributed by atoms with E-state index < -0.39 is 6.37 Å². The molecule has 0 heterocycles. The van der Waals surface area contributed by atoms with Crippen molar-refractivity contribution < 1.29 is 2.74 Å².